The second-order valence-electron chi connectivity index (χ2n) is 4.60. The summed E-state index contributed by atoms with van der Waals surface area (Å²) in [4.78, 5) is 10.3. The van der Waals surface area contributed by atoms with Gasteiger partial charge in [0.1, 0.15) is 9.52 Å². The van der Waals surface area contributed by atoms with Gasteiger partial charge in [-0.2, -0.15) is 0 Å². The lowest BCUT2D eigenvalue weighted by atomic mass is 10.2. The second kappa shape index (κ2) is 4.27. The number of nitrogens with zero attached hydrogens (tertiary/aromatic N) is 3. The topological polar surface area (TPSA) is 72.4 Å². The van der Waals surface area contributed by atoms with Gasteiger partial charge in [0.15, 0.2) is 0 Å². The zero-order chi connectivity index (χ0) is 12.9. The molecule has 3 rings (SSSR count). The van der Waals surface area contributed by atoms with E-state index in [4.69, 9.17) is 4.74 Å². The van der Waals surface area contributed by atoms with Crippen LogP contribution in [0, 0.1) is 3.70 Å². The zero-order valence-electron chi connectivity index (χ0n) is 9.71. The summed E-state index contributed by atoms with van der Waals surface area (Å²) in [6, 6.07) is 2.13. The van der Waals surface area contributed by atoms with Gasteiger partial charge in [0.25, 0.3) is 0 Å². The third-order valence-corrected chi connectivity index (χ3v) is 4.59. The molecule has 3 heterocycles. The first kappa shape index (κ1) is 12.5. The van der Waals surface area contributed by atoms with E-state index in [-0.39, 0.29) is 11.3 Å². The van der Waals surface area contributed by atoms with Gasteiger partial charge in [-0.1, -0.05) is 0 Å². The van der Waals surface area contributed by atoms with Crippen molar-refractivity contribution in [3.05, 3.63) is 9.77 Å². The molecule has 0 aromatic carbocycles. The zero-order valence-corrected chi connectivity index (χ0v) is 12.7. The number of morpholine rings is 1. The van der Waals surface area contributed by atoms with E-state index in [0.717, 1.165) is 19.2 Å². The molecule has 2 bridgehead atoms. The van der Waals surface area contributed by atoms with Crippen LogP contribution in [0.3, 0.4) is 0 Å². The molecule has 8 heteroatoms. The summed E-state index contributed by atoms with van der Waals surface area (Å²) >= 11 is 2.01. The number of rotatable bonds is 2. The average Bonchev–Trinajstić information content (AvgIpc) is 2.88. The monoisotopic (exact) mass is 381 g/mol. The minimum atomic E-state index is -3.38. The number of hydrogen-bond acceptors (Lipinski definition) is 6. The molecular weight excluding hydrogens is 369 g/mol. The molecule has 2 aliphatic rings. The molecule has 0 saturated carbocycles. The molecule has 6 nitrogen and oxygen atoms in total. The Morgan fingerprint density at radius 1 is 1.50 bits per heavy atom. The molecule has 0 radical (unpaired) electrons. The van der Waals surface area contributed by atoms with Crippen molar-refractivity contribution in [1.29, 1.82) is 0 Å². The van der Waals surface area contributed by atoms with Gasteiger partial charge in [0.05, 0.1) is 18.8 Å². The van der Waals surface area contributed by atoms with Gasteiger partial charge in [-0.15, -0.1) is 0 Å². The van der Waals surface area contributed by atoms with Crippen molar-refractivity contribution in [2.45, 2.75) is 23.7 Å². The van der Waals surface area contributed by atoms with Crippen molar-refractivity contribution in [2.75, 3.05) is 24.3 Å². The highest BCUT2D eigenvalue weighted by atomic mass is 127. The number of fused-ring (bicyclic) bond motifs is 2. The van der Waals surface area contributed by atoms with Crippen LogP contribution >= 0.6 is 22.6 Å². The Labute approximate surface area is 119 Å². The van der Waals surface area contributed by atoms with Gasteiger partial charge in [-0.25, -0.2) is 18.4 Å². The second-order valence-corrected chi connectivity index (χ2v) is 7.62. The Kier molecular flexibility index (Phi) is 2.98. The lowest BCUT2D eigenvalue weighted by Gasteiger charge is -2.28. The van der Waals surface area contributed by atoms with E-state index in [0.29, 0.717) is 22.2 Å². The van der Waals surface area contributed by atoms with E-state index in [1.807, 2.05) is 28.7 Å². The predicted octanol–water partition coefficient (Wildman–Crippen LogP) is 0.462. The first-order valence-corrected chi connectivity index (χ1v) is 8.53. The summed E-state index contributed by atoms with van der Waals surface area (Å²) in [5, 5.41) is -0.104. The summed E-state index contributed by atoms with van der Waals surface area (Å²) < 4.78 is 29.2. The lowest BCUT2D eigenvalue weighted by molar-refractivity contribution is 0.0988. The van der Waals surface area contributed by atoms with Crippen molar-refractivity contribution in [2.24, 2.45) is 0 Å². The Morgan fingerprint density at radius 2 is 2.28 bits per heavy atom. The van der Waals surface area contributed by atoms with E-state index in [1.54, 1.807) is 0 Å². The minimum absolute atomic E-state index is 0.104. The summed E-state index contributed by atoms with van der Waals surface area (Å²) in [5.74, 6) is 0.686. The number of hydrogen-bond donors (Lipinski definition) is 0. The van der Waals surface area contributed by atoms with Gasteiger partial charge in [0, 0.05) is 18.9 Å². The Morgan fingerprint density at radius 3 is 2.83 bits per heavy atom. The van der Waals surface area contributed by atoms with Crippen LogP contribution in [0.4, 0.5) is 5.82 Å². The maximum atomic E-state index is 11.5. The number of anilines is 1. The summed E-state index contributed by atoms with van der Waals surface area (Å²) in [6.45, 7) is 1.47. The SMILES string of the molecule is CS(=O)(=O)c1nc(I)cc(N2C[C@H]3C[C@@H]2CO3)n1. The number of aromatic nitrogens is 2. The third-order valence-electron chi connectivity index (χ3n) is 3.19. The molecule has 1 aromatic rings. The molecule has 98 valence electrons. The molecular formula is C10H12IN3O3S. The van der Waals surface area contributed by atoms with E-state index in [9.17, 15) is 8.42 Å². The van der Waals surface area contributed by atoms with Gasteiger partial charge in [0.2, 0.25) is 15.0 Å². The van der Waals surface area contributed by atoms with Crippen LogP contribution in [0.2, 0.25) is 0 Å². The molecule has 0 aliphatic carbocycles. The molecule has 1 aromatic heterocycles. The van der Waals surface area contributed by atoms with E-state index in [2.05, 4.69) is 14.9 Å². The smallest absolute Gasteiger partial charge is 0.249 e. The molecule has 2 saturated heterocycles. The Balaban J connectivity index is 2.00. The quantitative estimate of drug-likeness (QED) is 0.421. The normalized spacial score (nSPS) is 26.9. The molecule has 0 N–H and O–H groups in total. The van der Waals surface area contributed by atoms with E-state index < -0.39 is 9.84 Å². The van der Waals surface area contributed by atoms with Crippen LogP contribution in [0.5, 0.6) is 0 Å². The maximum Gasteiger partial charge on any atom is 0.249 e. The van der Waals surface area contributed by atoms with Crippen molar-refractivity contribution in [1.82, 2.24) is 9.97 Å². The first-order chi connectivity index (χ1) is 8.43. The Hall–Kier alpha value is -0.480. The van der Waals surface area contributed by atoms with Gasteiger partial charge < -0.3 is 9.64 Å². The number of halogens is 1. The predicted molar refractivity (Wildman–Crippen MR) is 73.3 cm³/mol. The van der Waals surface area contributed by atoms with Crippen LogP contribution in [-0.2, 0) is 14.6 Å². The highest BCUT2D eigenvalue weighted by Gasteiger charge is 2.40. The maximum absolute atomic E-state index is 11.5. The summed E-state index contributed by atoms with van der Waals surface area (Å²) in [7, 11) is -3.38. The summed E-state index contributed by atoms with van der Waals surface area (Å²) in [6.07, 6.45) is 2.38. The highest BCUT2D eigenvalue weighted by Crippen LogP contribution is 2.32. The molecule has 18 heavy (non-hydrogen) atoms. The molecule has 2 atom stereocenters. The highest BCUT2D eigenvalue weighted by molar-refractivity contribution is 14.1. The van der Waals surface area contributed by atoms with Crippen LogP contribution in [0.15, 0.2) is 11.2 Å². The summed E-state index contributed by atoms with van der Waals surface area (Å²) in [5.41, 5.74) is 0. The van der Waals surface area contributed by atoms with Gasteiger partial charge in [-0.3, -0.25) is 0 Å². The lowest BCUT2D eigenvalue weighted by Crippen LogP contribution is -2.37. The van der Waals surface area contributed by atoms with Crippen LogP contribution in [0.25, 0.3) is 0 Å². The van der Waals surface area contributed by atoms with Gasteiger partial charge in [-0.05, 0) is 29.0 Å². The molecule has 0 unspecified atom stereocenters. The third kappa shape index (κ3) is 2.21. The largest absolute Gasteiger partial charge is 0.374 e. The van der Waals surface area contributed by atoms with E-state index in [1.165, 1.54) is 0 Å². The molecule has 2 aliphatic heterocycles. The number of sulfone groups is 1. The molecule has 0 amide bonds. The molecule has 2 fully saturated rings. The first-order valence-electron chi connectivity index (χ1n) is 5.56. The Bertz CT molecular complexity index is 592. The van der Waals surface area contributed by atoms with Crippen molar-refractivity contribution >= 4 is 38.2 Å². The van der Waals surface area contributed by atoms with Crippen LogP contribution < -0.4 is 4.90 Å². The van der Waals surface area contributed by atoms with Crippen molar-refractivity contribution in [3.63, 3.8) is 0 Å². The number of ether oxygens (including phenoxy) is 1. The van der Waals surface area contributed by atoms with Crippen LogP contribution in [-0.4, -0.2) is 49.9 Å². The fraction of sp³-hybridized carbons (Fsp3) is 0.600. The fourth-order valence-electron chi connectivity index (χ4n) is 2.38. The molecule has 0 spiro atoms. The van der Waals surface area contributed by atoms with Crippen LogP contribution in [0.1, 0.15) is 6.42 Å². The standard InChI is InChI=1S/C10H12IN3O3S/c1-18(15,16)10-12-8(11)3-9(13-10)14-4-7-2-6(14)5-17-7/h3,6-7H,2,4-5H2,1H3/t6-,7-/m1/s1. The van der Waals surface area contributed by atoms with Gasteiger partial charge >= 0.3 is 0 Å². The minimum Gasteiger partial charge on any atom is -0.374 e. The fourth-order valence-corrected chi connectivity index (χ4v) is 3.57. The van der Waals surface area contributed by atoms with Crippen molar-refractivity contribution < 1.29 is 13.2 Å². The van der Waals surface area contributed by atoms with Crippen molar-refractivity contribution in [3.8, 4) is 0 Å². The average molecular weight is 381 g/mol. The van der Waals surface area contributed by atoms with E-state index >= 15 is 0 Å².